The molecular formula is C103H136N20O12S4. The number of hydrogen-bond donors (Lipinski definition) is 12. The third-order valence-corrected chi connectivity index (χ3v) is 34.9. The summed E-state index contributed by atoms with van der Waals surface area (Å²) in [6, 6.07) is 10.7. The molecule has 0 spiro atoms. The number of aliphatic hydroxyl groups is 4. The van der Waals surface area contributed by atoms with Crippen LogP contribution in [0.15, 0.2) is 49.1 Å². The molecule has 0 radical (unpaired) electrons. The highest BCUT2D eigenvalue weighted by atomic mass is 32.1. The number of aryl methyl sites for hydroxylation is 4. The van der Waals surface area contributed by atoms with Crippen LogP contribution in [0.25, 0.3) is 41.8 Å². The number of carbonyl (C=O) groups excluding carboxylic acids is 8. The highest BCUT2D eigenvalue weighted by Gasteiger charge is 2.50. The fourth-order valence-corrected chi connectivity index (χ4v) is 26.7. The van der Waals surface area contributed by atoms with Crippen molar-refractivity contribution in [3.8, 4) is 41.8 Å². The van der Waals surface area contributed by atoms with Crippen molar-refractivity contribution in [3.05, 3.63) is 114 Å². The second-order valence-corrected chi connectivity index (χ2v) is 46.3. The minimum Gasteiger partial charge on any atom is -0.391 e. The number of pyridine rings is 4. The number of nitrogens with one attached hydrogen (secondary N) is 8. The van der Waals surface area contributed by atoms with Gasteiger partial charge in [0.1, 0.15) is 46.0 Å². The smallest absolute Gasteiger partial charge is 0.280 e. The molecule has 8 aromatic rings. The maximum absolute atomic E-state index is 13.8. The molecule has 8 aromatic heterocycles. The van der Waals surface area contributed by atoms with Gasteiger partial charge in [0.25, 0.3) is 47.3 Å². The topological polar surface area (TPSA) is 430 Å². The first kappa shape index (κ1) is 99.1. The van der Waals surface area contributed by atoms with Gasteiger partial charge in [-0.3, -0.25) is 38.4 Å². The first-order valence-electron chi connectivity index (χ1n) is 50.9. The summed E-state index contributed by atoms with van der Waals surface area (Å²) in [6.07, 6.45) is 34.5. The van der Waals surface area contributed by atoms with E-state index in [4.69, 9.17) is 4.98 Å². The van der Waals surface area contributed by atoms with Crippen molar-refractivity contribution >= 4 is 116 Å². The highest BCUT2D eigenvalue weighted by Crippen LogP contribution is 2.50. The maximum atomic E-state index is 13.8. The summed E-state index contributed by atoms with van der Waals surface area (Å²) in [4.78, 5) is 155. The number of carbonyl (C=O) groups is 8. The van der Waals surface area contributed by atoms with E-state index < -0.39 is 23.9 Å². The Labute approximate surface area is 829 Å². The Kier molecular flexibility index (Phi) is 29.8. The van der Waals surface area contributed by atoms with Crippen molar-refractivity contribution in [2.45, 2.75) is 384 Å². The fourth-order valence-electron chi connectivity index (χ4n) is 22.5. The average molecular weight is 1970 g/mol. The van der Waals surface area contributed by atoms with Gasteiger partial charge < -0.3 is 82.6 Å². The molecule has 2 unspecified atom stereocenters. The van der Waals surface area contributed by atoms with Gasteiger partial charge in [0.15, 0.2) is 20.0 Å². The Morgan fingerprint density at radius 1 is 0.367 bits per heavy atom. The van der Waals surface area contributed by atoms with Gasteiger partial charge in [-0.15, -0.1) is 45.3 Å². The summed E-state index contributed by atoms with van der Waals surface area (Å²) < 4.78 is 0. The lowest BCUT2D eigenvalue weighted by Crippen LogP contribution is -2.50. The van der Waals surface area contributed by atoms with Gasteiger partial charge in [0.05, 0.1) is 61.5 Å². The molecular weight excluding hydrogens is 1840 g/mol. The zero-order valence-electron chi connectivity index (χ0n) is 81.9. The molecule has 139 heavy (non-hydrogen) atoms. The first-order chi connectivity index (χ1) is 66.7. The van der Waals surface area contributed by atoms with Gasteiger partial charge in [-0.05, 0) is 321 Å². The van der Waals surface area contributed by atoms with E-state index in [2.05, 4.69) is 125 Å². The quantitative estimate of drug-likeness (QED) is 0.0217. The van der Waals surface area contributed by atoms with Crippen molar-refractivity contribution in [1.82, 2.24) is 80.7 Å². The number of rotatable bonds is 28. The van der Waals surface area contributed by atoms with E-state index >= 15 is 0 Å². The van der Waals surface area contributed by atoms with Crippen LogP contribution in [0.1, 0.15) is 345 Å². The Bertz CT molecular complexity index is 5830. The molecule has 13 fully saturated rings. The van der Waals surface area contributed by atoms with Crippen molar-refractivity contribution in [3.63, 3.8) is 0 Å². The van der Waals surface area contributed by atoms with E-state index in [1.165, 1.54) is 71.0 Å². The van der Waals surface area contributed by atoms with Crippen LogP contribution in [0.5, 0.6) is 0 Å². The van der Waals surface area contributed by atoms with Crippen LogP contribution in [-0.4, -0.2) is 248 Å². The number of thiazole rings is 4. The Balaban J connectivity index is 0.000000123. The minimum atomic E-state index is -1.04. The molecule has 8 amide bonds. The lowest BCUT2D eigenvalue weighted by atomic mass is 9.89. The molecule has 5 saturated carbocycles. The molecule has 5 aliphatic carbocycles. The van der Waals surface area contributed by atoms with Crippen molar-refractivity contribution in [1.29, 1.82) is 0 Å². The number of nitrogens with zero attached hydrogens (tertiary/aromatic N) is 12. The summed E-state index contributed by atoms with van der Waals surface area (Å²) >= 11 is 4.94. The van der Waals surface area contributed by atoms with Crippen LogP contribution >= 0.6 is 45.3 Å². The molecule has 8 saturated heterocycles. The SMILES string of the molecule is CC[C@@H](C)Nc1cc(C)c(-c2sc(C(=O)N[C@@H]3CCC[C@H]3O)nc2C(=O)N2C3CCC2CC3)cn1.Cc1cc(NC(C)C)ncc1-c1sc(C(=O)NC2CCC2O)nc1C(=O)N1C2CCC1CC2.Cc1cc(NC(C)C)ncc1-c1sc(C(=O)N[C@@H]2CCC[C@H]2O)nc1C(=O)N1C2CCC1CC2.Cc1cc(NC(C2CC2)C2CC2)ncc1-c1sc(C(=O)NCC(C)(C)O)nc1C(=O)N1C2CCC1CC2. The van der Waals surface area contributed by atoms with Crippen LogP contribution in [0, 0.1) is 39.5 Å². The predicted octanol–water partition coefficient (Wildman–Crippen LogP) is 15.6. The minimum absolute atomic E-state index is 0.0811. The van der Waals surface area contributed by atoms with Crippen LogP contribution in [0.4, 0.5) is 23.3 Å². The summed E-state index contributed by atoms with van der Waals surface area (Å²) in [5.74, 6) is 3.05. The molecule has 21 rings (SSSR count). The summed E-state index contributed by atoms with van der Waals surface area (Å²) in [5, 5.41) is 66.4. The highest BCUT2D eigenvalue weighted by molar-refractivity contribution is 7.18. The monoisotopic (exact) mass is 1970 g/mol. The maximum Gasteiger partial charge on any atom is 0.280 e. The number of fused-ring (bicyclic) bond motifs is 8. The molecule has 16 heterocycles. The summed E-state index contributed by atoms with van der Waals surface area (Å²) in [6.45, 7) is 23.9. The molecule has 7 atom stereocenters. The number of amides is 8. The zero-order valence-corrected chi connectivity index (χ0v) is 85.2. The van der Waals surface area contributed by atoms with E-state index in [-0.39, 0.29) is 152 Å². The molecule has 8 bridgehead atoms. The lowest BCUT2D eigenvalue weighted by Gasteiger charge is -2.32. The first-order valence-corrected chi connectivity index (χ1v) is 54.2. The van der Waals surface area contributed by atoms with E-state index in [0.29, 0.717) is 73.6 Å². The Hall–Kier alpha value is -10.1. The zero-order chi connectivity index (χ0) is 97.8. The molecule has 32 nitrogen and oxygen atoms in total. The van der Waals surface area contributed by atoms with Gasteiger partial charge in [0, 0.05) is 126 Å². The standard InChI is InChI=1S/C28H37N5O3S.C26H35N5O3S.C25H33N5O3S.C24H31N5O3S/c1-15-12-21(31-22(16-4-5-16)17-6-7-17)29-13-20(15)24-23(27(35)33-18-8-9-19(33)11-10-18)32-26(37-24)25(34)30-14-28(2,3)36;1-4-15(3)28-21-12-14(2)18(13-27-21)23-22(26(34)31-16-8-9-17(31)11-10-16)30-25(35-23)24(33)29-19-6-5-7-20(19)32;1-13(2)27-20-11-14(3)17(12-26-20)22-21(25(33)30-15-7-8-16(30)10-9-15)29-24(34-22)23(32)28-18-5-4-6-19(18)31;1-12(2)26-19-10-13(3)16(11-25-19)21-20(24(32)29-14-4-5-15(29)7-6-14)28-23(33-21)22(31)27-17-8-9-18(17)30/h12-13,16-19,22,36H,4-11,14H2,1-3H3,(H,29,31)(H,30,34);12-13,15-17,19-20,32H,4-11H2,1-3H3,(H,27,28)(H,29,33);11-13,15-16,18-19,31H,4-10H2,1-3H3,(H,26,27)(H,28,32);10-12,14-15,17-18,30H,4-9H2,1-3H3,(H,25,26)(H,27,31)/t;15-,16?,17?,19-,20-;15?,16?,18-,19-;/m.11./s1. The van der Waals surface area contributed by atoms with Crippen LogP contribution in [0.3, 0.4) is 0 Å². The van der Waals surface area contributed by atoms with E-state index in [9.17, 15) is 58.8 Å². The lowest BCUT2D eigenvalue weighted by molar-refractivity contribution is 0.0447. The second kappa shape index (κ2) is 41.8. The van der Waals surface area contributed by atoms with Crippen molar-refractivity contribution < 1.29 is 58.8 Å². The number of aromatic nitrogens is 8. The number of hydrogen-bond acceptors (Lipinski definition) is 28. The summed E-state index contributed by atoms with van der Waals surface area (Å²) in [5.41, 5.74) is 7.57. The predicted molar refractivity (Wildman–Crippen MR) is 540 cm³/mol. The molecule has 12 N–H and O–H groups in total. The molecule has 36 heteroatoms. The van der Waals surface area contributed by atoms with Gasteiger partial charge >= 0.3 is 0 Å². The fraction of sp³-hybridized carbons (Fsp3) is 0.612. The Morgan fingerprint density at radius 3 is 0.863 bits per heavy atom. The van der Waals surface area contributed by atoms with Crippen LogP contribution in [0.2, 0.25) is 0 Å². The van der Waals surface area contributed by atoms with Gasteiger partial charge in [-0.1, -0.05) is 6.92 Å². The van der Waals surface area contributed by atoms with E-state index in [0.717, 1.165) is 221 Å². The van der Waals surface area contributed by atoms with Gasteiger partial charge in [-0.2, -0.15) is 0 Å². The van der Waals surface area contributed by atoms with Crippen molar-refractivity contribution in [2.75, 3.05) is 27.8 Å². The van der Waals surface area contributed by atoms with Crippen LogP contribution in [-0.2, 0) is 0 Å². The number of aliphatic hydroxyl groups excluding tert-OH is 3. The van der Waals surface area contributed by atoms with E-state index in [1.54, 1.807) is 32.4 Å². The number of anilines is 4. The molecule has 744 valence electrons. The average Bonchev–Trinajstić information content (AvgIpc) is 1.61. The van der Waals surface area contributed by atoms with Crippen molar-refractivity contribution in [2.24, 2.45) is 11.8 Å². The van der Waals surface area contributed by atoms with Gasteiger partial charge in [0.2, 0.25) is 0 Å². The largest absolute Gasteiger partial charge is 0.391 e. The normalized spacial score (nSPS) is 25.2. The Morgan fingerprint density at radius 2 is 0.633 bits per heavy atom. The molecule has 13 aliphatic rings. The van der Waals surface area contributed by atoms with Gasteiger partial charge in [-0.25, -0.2) is 39.9 Å². The molecule has 0 aromatic carbocycles. The third kappa shape index (κ3) is 21.8. The summed E-state index contributed by atoms with van der Waals surface area (Å²) in [7, 11) is 0. The second-order valence-electron chi connectivity index (χ2n) is 42.3. The third-order valence-electron chi connectivity index (χ3n) is 30.5. The van der Waals surface area contributed by atoms with Crippen LogP contribution < -0.4 is 42.5 Å². The van der Waals surface area contributed by atoms with E-state index in [1.807, 2.05) is 71.7 Å². The molecule has 8 aliphatic heterocycles.